The maximum absolute atomic E-state index is 11.4. The highest BCUT2D eigenvalue weighted by atomic mass is 16.7. The van der Waals surface area contributed by atoms with Crippen molar-refractivity contribution in [1.29, 1.82) is 0 Å². The predicted molar refractivity (Wildman–Crippen MR) is 76.1 cm³/mol. The van der Waals surface area contributed by atoms with Gasteiger partial charge in [0, 0.05) is 18.6 Å². The standard InChI is InChI=1S/C16H18O5/c1-9-10(5-7-13(17)18-2)11-4-6-12-16(21-8-20-12)14(11)15(9)19-3/h4-6,9,15H,7-8H2,1-3H3/b10-5-/t9-,15+/m1/s1. The largest absolute Gasteiger partial charge is 0.469 e. The molecule has 0 aromatic heterocycles. The van der Waals surface area contributed by atoms with Crippen LogP contribution in [0.25, 0.3) is 5.57 Å². The minimum Gasteiger partial charge on any atom is -0.469 e. The van der Waals surface area contributed by atoms with E-state index in [-0.39, 0.29) is 31.2 Å². The fourth-order valence-electron chi connectivity index (χ4n) is 3.08. The molecule has 0 saturated carbocycles. The van der Waals surface area contributed by atoms with Crippen molar-refractivity contribution in [2.45, 2.75) is 19.4 Å². The lowest BCUT2D eigenvalue weighted by Crippen LogP contribution is -2.06. The Morgan fingerprint density at radius 1 is 1.38 bits per heavy atom. The van der Waals surface area contributed by atoms with Gasteiger partial charge in [-0.15, -0.1) is 0 Å². The average Bonchev–Trinajstić information content (AvgIpc) is 3.06. The number of rotatable bonds is 3. The monoisotopic (exact) mass is 290 g/mol. The number of hydrogen-bond acceptors (Lipinski definition) is 5. The molecule has 0 amide bonds. The first-order valence-electron chi connectivity index (χ1n) is 6.90. The van der Waals surface area contributed by atoms with Crippen LogP contribution < -0.4 is 9.47 Å². The number of hydrogen-bond donors (Lipinski definition) is 0. The van der Waals surface area contributed by atoms with E-state index in [0.29, 0.717) is 0 Å². The van der Waals surface area contributed by atoms with Crippen LogP contribution in [0.5, 0.6) is 11.5 Å². The second-order valence-corrected chi connectivity index (χ2v) is 5.15. The predicted octanol–water partition coefficient (Wildman–Crippen LogP) is 2.70. The summed E-state index contributed by atoms with van der Waals surface area (Å²) in [5, 5.41) is 0. The summed E-state index contributed by atoms with van der Waals surface area (Å²) >= 11 is 0. The van der Waals surface area contributed by atoms with Gasteiger partial charge in [-0.1, -0.05) is 19.1 Å². The minimum atomic E-state index is -0.252. The van der Waals surface area contributed by atoms with Gasteiger partial charge >= 0.3 is 5.97 Å². The highest BCUT2D eigenvalue weighted by molar-refractivity contribution is 5.82. The van der Waals surface area contributed by atoms with Gasteiger partial charge in [0.05, 0.1) is 19.6 Å². The number of methoxy groups -OCH3 is 2. The zero-order valence-corrected chi connectivity index (χ0v) is 12.3. The Labute approximate surface area is 123 Å². The summed E-state index contributed by atoms with van der Waals surface area (Å²) in [6, 6.07) is 3.90. The molecule has 0 unspecified atom stereocenters. The Morgan fingerprint density at radius 3 is 2.90 bits per heavy atom. The lowest BCUT2D eigenvalue weighted by Gasteiger charge is -2.16. The van der Waals surface area contributed by atoms with Crippen molar-refractivity contribution in [3.63, 3.8) is 0 Å². The van der Waals surface area contributed by atoms with Crippen molar-refractivity contribution < 1.29 is 23.7 Å². The molecule has 112 valence electrons. The highest BCUT2D eigenvalue weighted by Crippen LogP contribution is 2.53. The van der Waals surface area contributed by atoms with E-state index < -0.39 is 0 Å². The smallest absolute Gasteiger partial charge is 0.309 e. The molecule has 1 aromatic carbocycles. The summed E-state index contributed by atoms with van der Waals surface area (Å²) in [7, 11) is 3.08. The molecule has 5 heteroatoms. The van der Waals surface area contributed by atoms with Crippen LogP contribution >= 0.6 is 0 Å². The van der Waals surface area contributed by atoms with Crippen LogP contribution in [0.1, 0.15) is 30.6 Å². The molecule has 2 atom stereocenters. The topological polar surface area (TPSA) is 54.0 Å². The van der Waals surface area contributed by atoms with Gasteiger partial charge < -0.3 is 18.9 Å². The van der Waals surface area contributed by atoms with Crippen LogP contribution in [0.3, 0.4) is 0 Å². The molecule has 0 bridgehead atoms. The molecule has 0 spiro atoms. The molecule has 3 rings (SSSR count). The van der Waals surface area contributed by atoms with Crippen molar-refractivity contribution in [3.8, 4) is 11.5 Å². The minimum absolute atomic E-state index is 0.0967. The number of esters is 1. The second kappa shape index (κ2) is 5.41. The summed E-state index contributed by atoms with van der Waals surface area (Å²) in [6.07, 6.45) is 2.07. The quantitative estimate of drug-likeness (QED) is 0.801. The van der Waals surface area contributed by atoms with Crippen LogP contribution in [-0.2, 0) is 14.3 Å². The number of benzene rings is 1. The maximum Gasteiger partial charge on any atom is 0.309 e. The third-order valence-electron chi connectivity index (χ3n) is 4.09. The number of carbonyl (C=O) groups excluding carboxylic acids is 1. The van der Waals surface area contributed by atoms with Crippen molar-refractivity contribution in [3.05, 3.63) is 29.3 Å². The molecule has 0 N–H and O–H groups in total. The molecule has 1 aliphatic carbocycles. The Hall–Kier alpha value is -2.01. The number of fused-ring (bicyclic) bond motifs is 3. The van der Waals surface area contributed by atoms with Crippen molar-refractivity contribution in [2.75, 3.05) is 21.0 Å². The van der Waals surface area contributed by atoms with Gasteiger partial charge in [-0.25, -0.2) is 0 Å². The van der Waals surface area contributed by atoms with E-state index in [1.54, 1.807) is 7.11 Å². The zero-order valence-electron chi connectivity index (χ0n) is 12.3. The molecule has 0 fully saturated rings. The van der Waals surface area contributed by atoms with Crippen LogP contribution in [0, 0.1) is 5.92 Å². The molecule has 1 aliphatic heterocycles. The molecule has 21 heavy (non-hydrogen) atoms. The lowest BCUT2D eigenvalue weighted by atomic mass is 9.99. The van der Waals surface area contributed by atoms with E-state index in [1.165, 1.54) is 7.11 Å². The van der Waals surface area contributed by atoms with E-state index in [9.17, 15) is 4.79 Å². The molecule has 2 aliphatic rings. The Bertz CT molecular complexity index is 605. The molecule has 0 radical (unpaired) electrons. The summed E-state index contributed by atoms with van der Waals surface area (Å²) < 4.78 is 21.4. The van der Waals surface area contributed by atoms with Crippen molar-refractivity contribution in [1.82, 2.24) is 0 Å². The van der Waals surface area contributed by atoms with Crippen LogP contribution in [0.2, 0.25) is 0 Å². The van der Waals surface area contributed by atoms with E-state index in [1.807, 2.05) is 18.2 Å². The van der Waals surface area contributed by atoms with Gasteiger partial charge in [0.15, 0.2) is 11.5 Å². The van der Waals surface area contributed by atoms with E-state index in [0.717, 1.165) is 28.2 Å². The van der Waals surface area contributed by atoms with E-state index in [4.69, 9.17) is 18.9 Å². The SMILES string of the molecule is COC(=O)C/C=C1\c2ccc3c(c2[C@@H](OC)[C@@H]1C)OCO3. The summed E-state index contributed by atoms with van der Waals surface area (Å²) in [4.78, 5) is 11.4. The Kier molecular flexibility index (Phi) is 3.59. The first-order chi connectivity index (χ1) is 10.2. The molecular weight excluding hydrogens is 272 g/mol. The van der Waals surface area contributed by atoms with Gasteiger partial charge in [-0.3, -0.25) is 4.79 Å². The van der Waals surface area contributed by atoms with Gasteiger partial charge in [0.25, 0.3) is 0 Å². The van der Waals surface area contributed by atoms with Gasteiger partial charge in [0.1, 0.15) is 0 Å². The molecule has 1 heterocycles. The normalized spacial score (nSPS) is 24.2. The van der Waals surface area contributed by atoms with E-state index >= 15 is 0 Å². The Morgan fingerprint density at radius 2 is 2.19 bits per heavy atom. The third kappa shape index (κ3) is 2.17. The highest BCUT2D eigenvalue weighted by Gasteiger charge is 2.38. The number of ether oxygens (including phenoxy) is 4. The van der Waals surface area contributed by atoms with E-state index in [2.05, 4.69) is 6.92 Å². The zero-order chi connectivity index (χ0) is 15.0. The first-order valence-corrected chi connectivity index (χ1v) is 6.90. The molecule has 5 nitrogen and oxygen atoms in total. The summed E-state index contributed by atoms with van der Waals surface area (Å²) in [5.41, 5.74) is 3.15. The molecular formula is C16H18O5. The van der Waals surface area contributed by atoms with Crippen LogP contribution in [-0.4, -0.2) is 27.0 Å². The second-order valence-electron chi connectivity index (χ2n) is 5.15. The van der Waals surface area contributed by atoms with Crippen molar-refractivity contribution >= 4 is 11.5 Å². The van der Waals surface area contributed by atoms with Crippen LogP contribution in [0.15, 0.2) is 18.2 Å². The molecule has 0 saturated heterocycles. The third-order valence-corrected chi connectivity index (χ3v) is 4.09. The average molecular weight is 290 g/mol. The van der Waals surface area contributed by atoms with Gasteiger partial charge in [0.2, 0.25) is 6.79 Å². The first kappa shape index (κ1) is 13.9. The maximum atomic E-state index is 11.4. The molecule has 1 aromatic rings. The van der Waals surface area contributed by atoms with Crippen LogP contribution in [0.4, 0.5) is 0 Å². The Balaban J connectivity index is 2.05. The summed E-state index contributed by atoms with van der Waals surface area (Å²) in [5.74, 6) is 1.40. The van der Waals surface area contributed by atoms with Gasteiger partial charge in [-0.05, 0) is 17.2 Å². The fraction of sp³-hybridized carbons (Fsp3) is 0.438. The fourth-order valence-corrected chi connectivity index (χ4v) is 3.08. The lowest BCUT2D eigenvalue weighted by molar-refractivity contribution is -0.139. The number of carbonyl (C=O) groups is 1. The van der Waals surface area contributed by atoms with Gasteiger partial charge in [-0.2, -0.15) is 0 Å². The summed E-state index contributed by atoms with van der Waals surface area (Å²) in [6.45, 7) is 2.32. The van der Waals surface area contributed by atoms with Crippen molar-refractivity contribution in [2.24, 2.45) is 5.92 Å².